The Bertz CT molecular complexity index is 210. The highest BCUT2D eigenvalue weighted by atomic mass is 35.5. The first-order valence-corrected chi connectivity index (χ1v) is 7.59. The number of rotatable bonds is 4. The summed E-state index contributed by atoms with van der Waals surface area (Å²) in [5, 5.41) is 0. The van der Waals surface area contributed by atoms with Crippen LogP contribution >= 0.6 is 9.07 Å². The van der Waals surface area contributed by atoms with Crippen molar-refractivity contribution in [2.24, 2.45) is 0 Å². The van der Waals surface area contributed by atoms with Crippen molar-refractivity contribution in [3.05, 3.63) is 35.9 Å². The predicted octanol–water partition coefficient (Wildman–Crippen LogP) is 3.46. The lowest BCUT2D eigenvalue weighted by atomic mass is 9.99. The van der Waals surface area contributed by atoms with Gasteiger partial charge in [-0.15, -0.1) is 4.55 Å². The fraction of sp³-hybridized carbons (Fsp3) is 0.400. The molecule has 0 heterocycles. The van der Waals surface area contributed by atoms with Crippen molar-refractivity contribution in [2.45, 2.75) is 23.8 Å². The highest BCUT2D eigenvalue weighted by molar-refractivity contribution is 6.93. The molecular formula is C10H13ClMg. The van der Waals surface area contributed by atoms with Gasteiger partial charge in [0.15, 0.2) is 0 Å². The minimum atomic E-state index is -0.261. The van der Waals surface area contributed by atoms with E-state index in [9.17, 15) is 0 Å². The zero-order valence-electron chi connectivity index (χ0n) is 7.46. The maximum atomic E-state index is 5.77. The van der Waals surface area contributed by atoms with Gasteiger partial charge in [-0.2, -0.15) is 0 Å². The molecule has 2 heteroatoms. The molecule has 62 valence electrons. The number of hydrogen-bond donors (Lipinski definition) is 0. The van der Waals surface area contributed by atoms with Crippen molar-refractivity contribution in [1.82, 2.24) is 0 Å². The van der Waals surface area contributed by atoms with Gasteiger partial charge in [-0.25, -0.2) is 0 Å². The zero-order valence-corrected chi connectivity index (χ0v) is 9.63. The lowest BCUT2D eigenvalue weighted by molar-refractivity contribution is 0.732. The molecule has 12 heavy (non-hydrogen) atoms. The van der Waals surface area contributed by atoms with Gasteiger partial charge in [-0.3, -0.25) is 0 Å². The predicted molar refractivity (Wildman–Crippen MR) is 55.9 cm³/mol. The Morgan fingerprint density at radius 3 is 2.58 bits per heavy atom. The van der Waals surface area contributed by atoms with E-state index in [1.54, 1.807) is 0 Å². The van der Waals surface area contributed by atoms with Crippen LogP contribution in [0.5, 0.6) is 0 Å². The molecule has 1 aromatic rings. The third kappa shape index (κ3) is 3.34. The molecule has 1 unspecified atom stereocenters. The third-order valence-corrected chi connectivity index (χ3v) is 3.62. The van der Waals surface area contributed by atoms with E-state index in [0.717, 1.165) is 0 Å². The third-order valence-electron chi connectivity index (χ3n) is 2.14. The molecule has 0 N–H and O–H groups in total. The Morgan fingerprint density at radius 2 is 2.00 bits per heavy atom. The fourth-order valence-electron chi connectivity index (χ4n) is 1.33. The molecule has 0 radical (unpaired) electrons. The second-order valence-electron chi connectivity index (χ2n) is 3.14. The molecular weight excluding hydrogens is 180 g/mol. The van der Waals surface area contributed by atoms with Crippen molar-refractivity contribution < 1.29 is 0 Å². The molecule has 1 rings (SSSR count). The van der Waals surface area contributed by atoms with Crippen molar-refractivity contribution in [3.63, 3.8) is 0 Å². The molecule has 0 fully saturated rings. The summed E-state index contributed by atoms with van der Waals surface area (Å²) < 4.78 is 1.25. The highest BCUT2D eigenvalue weighted by Gasteiger charge is 2.03. The van der Waals surface area contributed by atoms with Gasteiger partial charge < -0.3 is 9.07 Å². The van der Waals surface area contributed by atoms with E-state index < -0.39 is 0 Å². The summed E-state index contributed by atoms with van der Waals surface area (Å²) in [6, 6.07) is 10.7. The van der Waals surface area contributed by atoms with Gasteiger partial charge >= 0.3 is 19.3 Å². The van der Waals surface area contributed by atoms with Crippen LogP contribution in [0, 0.1) is 0 Å². The molecule has 0 nitrogen and oxygen atoms in total. The summed E-state index contributed by atoms with van der Waals surface area (Å²) in [6.45, 7) is 2.27. The summed E-state index contributed by atoms with van der Waals surface area (Å²) in [4.78, 5) is 0. The Hall–Kier alpha value is 0.276. The monoisotopic (exact) mass is 192 g/mol. The van der Waals surface area contributed by atoms with Crippen molar-refractivity contribution in [3.8, 4) is 0 Å². The SMILES string of the molecule is CC(C[CH2][Mg][Cl])c1ccccc1. The summed E-state index contributed by atoms with van der Waals surface area (Å²) in [6.07, 6.45) is 1.25. The minimum absolute atomic E-state index is 0.261. The molecule has 0 aromatic heterocycles. The topological polar surface area (TPSA) is 0 Å². The first-order chi connectivity index (χ1) is 5.84. The molecule has 0 saturated heterocycles. The van der Waals surface area contributed by atoms with Crippen molar-refractivity contribution in [1.29, 1.82) is 0 Å². The number of benzene rings is 1. The van der Waals surface area contributed by atoms with Gasteiger partial charge in [-0.05, 0) is 11.5 Å². The van der Waals surface area contributed by atoms with Crippen LogP contribution < -0.4 is 0 Å². The van der Waals surface area contributed by atoms with Crippen LogP contribution in [-0.2, 0) is 0 Å². The Kier molecular flexibility index (Phi) is 5.04. The largest absolute Gasteiger partial charge is 0.501 e. The normalized spacial score (nSPS) is 12.2. The van der Waals surface area contributed by atoms with Gasteiger partial charge in [0.05, 0.1) is 0 Å². The van der Waals surface area contributed by atoms with Crippen LogP contribution in [0.25, 0.3) is 0 Å². The Morgan fingerprint density at radius 1 is 1.33 bits per heavy atom. The summed E-state index contributed by atoms with van der Waals surface area (Å²) in [5.41, 5.74) is 1.44. The molecule has 0 saturated carbocycles. The van der Waals surface area contributed by atoms with Crippen molar-refractivity contribution in [2.75, 3.05) is 0 Å². The minimum Gasteiger partial charge on any atom is -0.346 e. The van der Waals surface area contributed by atoms with Crippen LogP contribution in [-0.4, -0.2) is 19.3 Å². The van der Waals surface area contributed by atoms with Gasteiger partial charge in [0.1, 0.15) is 0 Å². The van der Waals surface area contributed by atoms with Crippen LogP contribution in [0.4, 0.5) is 0 Å². The molecule has 0 spiro atoms. The van der Waals surface area contributed by atoms with Crippen LogP contribution in [0.1, 0.15) is 24.8 Å². The number of halogens is 1. The average molecular weight is 193 g/mol. The van der Waals surface area contributed by atoms with E-state index in [1.165, 1.54) is 16.5 Å². The summed E-state index contributed by atoms with van der Waals surface area (Å²) in [5.74, 6) is 0.678. The molecule has 0 bridgehead atoms. The van der Waals surface area contributed by atoms with Crippen molar-refractivity contribution >= 4 is 28.3 Å². The molecule has 0 aliphatic heterocycles. The highest BCUT2D eigenvalue weighted by Crippen LogP contribution is 2.19. The molecule has 1 aromatic carbocycles. The van der Waals surface area contributed by atoms with E-state index in [2.05, 4.69) is 37.3 Å². The van der Waals surface area contributed by atoms with E-state index >= 15 is 0 Å². The van der Waals surface area contributed by atoms with Crippen LogP contribution in [0.3, 0.4) is 0 Å². The standard InChI is InChI=1S/C10H13.ClH.Mg/c1-3-9(2)10-7-5-4-6-8-10;;/h4-9H,1,3H2,2H3;1H;/q;;+1/p-1. The lowest BCUT2D eigenvalue weighted by Gasteiger charge is -2.09. The Balaban J connectivity index is 2.48. The second kappa shape index (κ2) is 5.84. The Labute approximate surface area is 87.8 Å². The average Bonchev–Trinajstić information content (AvgIpc) is 2.15. The summed E-state index contributed by atoms with van der Waals surface area (Å²) in [7, 11) is 5.77. The maximum Gasteiger partial charge on any atom is 0.501 e. The molecule has 1 atom stereocenters. The molecule has 0 amide bonds. The molecule has 0 aliphatic rings. The summed E-state index contributed by atoms with van der Waals surface area (Å²) >= 11 is -0.261. The van der Waals surface area contributed by atoms with E-state index in [1.807, 2.05) is 0 Å². The molecule has 0 aliphatic carbocycles. The van der Waals surface area contributed by atoms with E-state index in [-0.39, 0.29) is 19.3 Å². The zero-order chi connectivity index (χ0) is 8.81. The van der Waals surface area contributed by atoms with Crippen LogP contribution in [0.2, 0.25) is 4.55 Å². The smallest absolute Gasteiger partial charge is 0.346 e. The van der Waals surface area contributed by atoms with Gasteiger partial charge in [0.25, 0.3) is 0 Å². The fourth-order valence-corrected chi connectivity index (χ4v) is 2.56. The van der Waals surface area contributed by atoms with Gasteiger partial charge in [0.2, 0.25) is 0 Å². The van der Waals surface area contributed by atoms with Crippen LogP contribution in [0.15, 0.2) is 30.3 Å². The number of hydrogen-bond acceptors (Lipinski definition) is 0. The quantitative estimate of drug-likeness (QED) is 0.642. The second-order valence-corrected chi connectivity index (χ2v) is 5.36. The lowest BCUT2D eigenvalue weighted by Crippen LogP contribution is -1.93. The van der Waals surface area contributed by atoms with E-state index in [4.69, 9.17) is 9.07 Å². The van der Waals surface area contributed by atoms with Gasteiger partial charge in [-0.1, -0.05) is 43.7 Å². The first kappa shape index (κ1) is 10.4. The maximum absolute atomic E-state index is 5.77. The van der Waals surface area contributed by atoms with E-state index in [0.29, 0.717) is 5.92 Å². The first-order valence-electron chi connectivity index (χ1n) is 4.45. The van der Waals surface area contributed by atoms with Gasteiger partial charge in [0, 0.05) is 0 Å².